The molecule has 4 nitrogen and oxygen atoms in total. The number of nitrogens with one attached hydrogen (secondary N) is 2. The number of ether oxygens (including phenoxy) is 1. The molecule has 1 aliphatic rings. The summed E-state index contributed by atoms with van der Waals surface area (Å²) >= 11 is 7.62. The lowest BCUT2D eigenvalue weighted by Gasteiger charge is -2.25. The van der Waals surface area contributed by atoms with Gasteiger partial charge in [-0.3, -0.25) is 10.1 Å². The lowest BCUT2D eigenvalue weighted by atomic mass is 10.0. The zero-order chi connectivity index (χ0) is 14.5. The van der Waals surface area contributed by atoms with E-state index in [4.69, 9.17) is 16.3 Å². The number of amides is 1. The van der Waals surface area contributed by atoms with Crippen LogP contribution in [0.1, 0.15) is 18.6 Å². The fourth-order valence-electron chi connectivity index (χ4n) is 2.25. The Morgan fingerprint density at radius 1 is 1.50 bits per heavy atom. The highest BCUT2D eigenvalue weighted by atomic mass is 35.5. The number of carbonyl (C=O) groups excluding carboxylic acids is 1. The molecule has 1 aliphatic heterocycles. The van der Waals surface area contributed by atoms with E-state index in [1.54, 1.807) is 18.9 Å². The van der Waals surface area contributed by atoms with Crippen molar-refractivity contribution in [2.24, 2.45) is 0 Å². The summed E-state index contributed by atoms with van der Waals surface area (Å²) in [6.07, 6.45) is -0.190. The van der Waals surface area contributed by atoms with E-state index in [9.17, 15) is 4.79 Å². The first-order valence-electron chi connectivity index (χ1n) is 6.51. The molecular weight excluding hydrogens is 296 g/mol. The average Bonchev–Trinajstić information content (AvgIpc) is 2.96. The Balaban J connectivity index is 1.99. The largest absolute Gasteiger partial charge is 0.375 e. The standard InChI is InChI=1S/C14H19ClN2O2S/c1-9(17-14(18)12-7-20-8-16-12)13(19-2)10-3-5-11(15)6-4-10/h3-6,9,12-13,16H,7-8H2,1-2H3,(H,17,18). The Hall–Kier alpha value is -0.750. The Bertz CT molecular complexity index is 449. The molecule has 1 aromatic rings. The van der Waals surface area contributed by atoms with Gasteiger partial charge in [-0.1, -0.05) is 23.7 Å². The van der Waals surface area contributed by atoms with Crippen molar-refractivity contribution in [3.05, 3.63) is 34.9 Å². The second-order valence-corrected chi connectivity index (χ2v) is 6.24. The highest BCUT2D eigenvalue weighted by Gasteiger charge is 2.26. The minimum Gasteiger partial charge on any atom is -0.375 e. The first-order chi connectivity index (χ1) is 9.61. The molecule has 1 heterocycles. The van der Waals surface area contributed by atoms with E-state index in [1.165, 1.54) is 0 Å². The van der Waals surface area contributed by atoms with Crippen LogP contribution in [0.4, 0.5) is 0 Å². The van der Waals surface area contributed by atoms with Crippen molar-refractivity contribution in [3.63, 3.8) is 0 Å². The van der Waals surface area contributed by atoms with Gasteiger partial charge < -0.3 is 10.1 Å². The smallest absolute Gasteiger partial charge is 0.238 e. The van der Waals surface area contributed by atoms with Crippen LogP contribution in [-0.2, 0) is 9.53 Å². The zero-order valence-corrected chi connectivity index (χ0v) is 13.1. The van der Waals surface area contributed by atoms with Gasteiger partial charge in [0.15, 0.2) is 0 Å². The Kier molecular flexibility index (Phi) is 5.72. The molecule has 0 aliphatic carbocycles. The molecule has 3 unspecified atom stereocenters. The summed E-state index contributed by atoms with van der Waals surface area (Å²) in [6.45, 7) is 1.95. The monoisotopic (exact) mass is 314 g/mol. The number of benzene rings is 1. The number of thioether (sulfide) groups is 1. The summed E-state index contributed by atoms with van der Waals surface area (Å²) in [5.74, 6) is 1.67. The van der Waals surface area contributed by atoms with Crippen molar-refractivity contribution in [3.8, 4) is 0 Å². The highest BCUT2D eigenvalue weighted by molar-refractivity contribution is 7.99. The third-order valence-corrected chi connectivity index (χ3v) is 4.50. The molecule has 0 saturated carbocycles. The highest BCUT2D eigenvalue weighted by Crippen LogP contribution is 2.22. The van der Waals surface area contributed by atoms with Gasteiger partial charge in [-0.05, 0) is 24.6 Å². The normalized spacial score (nSPS) is 21.4. The van der Waals surface area contributed by atoms with E-state index in [0.717, 1.165) is 17.2 Å². The molecule has 2 rings (SSSR count). The van der Waals surface area contributed by atoms with Crippen molar-refractivity contribution in [2.45, 2.75) is 25.1 Å². The van der Waals surface area contributed by atoms with Crippen LogP contribution in [-0.4, -0.2) is 36.7 Å². The van der Waals surface area contributed by atoms with E-state index in [1.807, 2.05) is 31.2 Å². The van der Waals surface area contributed by atoms with Crippen molar-refractivity contribution in [1.82, 2.24) is 10.6 Å². The molecule has 1 amide bonds. The lowest BCUT2D eigenvalue weighted by Crippen LogP contribution is -2.47. The summed E-state index contributed by atoms with van der Waals surface area (Å²) < 4.78 is 5.52. The summed E-state index contributed by atoms with van der Waals surface area (Å²) in [4.78, 5) is 12.1. The van der Waals surface area contributed by atoms with Gasteiger partial charge >= 0.3 is 0 Å². The quantitative estimate of drug-likeness (QED) is 0.875. The zero-order valence-electron chi connectivity index (χ0n) is 11.6. The molecule has 6 heteroatoms. The van der Waals surface area contributed by atoms with Crippen LogP contribution in [0.3, 0.4) is 0 Å². The van der Waals surface area contributed by atoms with Gasteiger partial charge in [0.1, 0.15) is 6.10 Å². The van der Waals surface area contributed by atoms with Crippen LogP contribution in [0.25, 0.3) is 0 Å². The van der Waals surface area contributed by atoms with E-state index in [2.05, 4.69) is 10.6 Å². The van der Waals surface area contributed by atoms with Crippen LogP contribution < -0.4 is 10.6 Å². The Morgan fingerprint density at radius 2 is 2.20 bits per heavy atom. The van der Waals surface area contributed by atoms with Crippen LogP contribution >= 0.6 is 23.4 Å². The van der Waals surface area contributed by atoms with Gasteiger partial charge in [0.25, 0.3) is 0 Å². The molecule has 1 aromatic carbocycles. The number of halogens is 1. The minimum atomic E-state index is -0.190. The van der Waals surface area contributed by atoms with E-state index < -0.39 is 0 Å². The fourth-order valence-corrected chi connectivity index (χ4v) is 3.31. The number of methoxy groups -OCH3 is 1. The SMILES string of the molecule is COC(c1ccc(Cl)cc1)C(C)NC(=O)C1CSCN1. The molecule has 0 bridgehead atoms. The van der Waals surface area contributed by atoms with E-state index >= 15 is 0 Å². The molecule has 20 heavy (non-hydrogen) atoms. The van der Waals surface area contributed by atoms with Gasteiger partial charge in [0.2, 0.25) is 5.91 Å². The topological polar surface area (TPSA) is 50.4 Å². The molecule has 2 N–H and O–H groups in total. The number of hydrogen-bond donors (Lipinski definition) is 2. The van der Waals surface area contributed by atoms with Gasteiger partial charge in [0.05, 0.1) is 12.1 Å². The van der Waals surface area contributed by atoms with Crippen molar-refractivity contribution in [2.75, 3.05) is 18.7 Å². The van der Waals surface area contributed by atoms with Crippen molar-refractivity contribution in [1.29, 1.82) is 0 Å². The third-order valence-electron chi connectivity index (χ3n) is 3.31. The number of hydrogen-bond acceptors (Lipinski definition) is 4. The molecule has 1 fully saturated rings. The van der Waals surface area contributed by atoms with Gasteiger partial charge in [-0.2, -0.15) is 0 Å². The van der Waals surface area contributed by atoms with Crippen LogP contribution in [0.5, 0.6) is 0 Å². The second kappa shape index (κ2) is 7.31. The molecular formula is C14H19ClN2O2S. The van der Waals surface area contributed by atoms with Crippen molar-refractivity contribution >= 4 is 29.3 Å². The third kappa shape index (κ3) is 3.88. The Labute approximate surface area is 128 Å². The maximum absolute atomic E-state index is 12.1. The molecule has 3 atom stereocenters. The predicted molar refractivity (Wildman–Crippen MR) is 83.1 cm³/mol. The minimum absolute atomic E-state index is 0.0264. The summed E-state index contributed by atoms with van der Waals surface area (Å²) in [6, 6.07) is 7.27. The predicted octanol–water partition coefficient (Wildman–Crippen LogP) is 2.19. The maximum Gasteiger partial charge on any atom is 0.238 e. The van der Waals surface area contributed by atoms with Crippen LogP contribution in [0.2, 0.25) is 5.02 Å². The van der Waals surface area contributed by atoms with Crippen LogP contribution in [0, 0.1) is 0 Å². The average molecular weight is 315 g/mol. The summed E-state index contributed by atoms with van der Waals surface area (Å²) in [5.41, 5.74) is 0.999. The molecule has 0 radical (unpaired) electrons. The molecule has 0 aromatic heterocycles. The van der Waals surface area contributed by atoms with Gasteiger partial charge in [-0.15, -0.1) is 11.8 Å². The van der Waals surface area contributed by atoms with E-state index in [0.29, 0.717) is 5.02 Å². The van der Waals surface area contributed by atoms with Gasteiger partial charge in [-0.25, -0.2) is 0 Å². The number of carbonyl (C=O) groups is 1. The number of rotatable bonds is 5. The Morgan fingerprint density at radius 3 is 2.75 bits per heavy atom. The molecule has 110 valence electrons. The van der Waals surface area contributed by atoms with Crippen molar-refractivity contribution < 1.29 is 9.53 Å². The maximum atomic E-state index is 12.1. The molecule has 0 spiro atoms. The lowest BCUT2D eigenvalue weighted by molar-refractivity contribution is -0.124. The molecule has 1 saturated heterocycles. The fraction of sp³-hybridized carbons (Fsp3) is 0.500. The van der Waals surface area contributed by atoms with E-state index in [-0.39, 0.29) is 24.1 Å². The first-order valence-corrected chi connectivity index (χ1v) is 8.05. The van der Waals surface area contributed by atoms with Crippen LogP contribution in [0.15, 0.2) is 24.3 Å². The summed E-state index contributed by atoms with van der Waals surface area (Å²) in [7, 11) is 1.64. The first kappa shape index (κ1) is 15.6. The van der Waals surface area contributed by atoms with Gasteiger partial charge in [0, 0.05) is 23.8 Å². The second-order valence-electron chi connectivity index (χ2n) is 4.78. The summed E-state index contributed by atoms with van der Waals surface area (Å²) in [5, 5.41) is 6.86.